The molecule has 2 aromatic carbocycles. The summed E-state index contributed by atoms with van der Waals surface area (Å²) in [5.41, 5.74) is 2.66. The van der Waals surface area contributed by atoms with Crippen molar-refractivity contribution in [3.8, 4) is 22.9 Å². The third-order valence-electron chi connectivity index (χ3n) is 3.42. The molecule has 0 unspecified atom stereocenters. The number of likely N-dealkylation sites (N-methyl/N-ethyl adjacent to an activating group) is 1. The van der Waals surface area contributed by atoms with Crippen molar-refractivity contribution in [2.45, 2.75) is 0 Å². The number of anilines is 1. The number of carbonyl (C=O) groups is 1. The molecule has 0 saturated heterocycles. The molecule has 0 aliphatic heterocycles. The molecule has 0 aliphatic carbocycles. The Morgan fingerprint density at radius 2 is 1.95 bits per heavy atom. The number of hydrogen-bond acceptors (Lipinski definition) is 3. The molecule has 0 N–H and O–H groups in total. The standard InChI is InChI=1S/C18H16N2O2/c1-4-18(21)20(2)17-7-5-6-15(16(17)12-19)13-8-10-14(22-3)11-9-13/h4-11H,1H2,2-3H3. The van der Waals surface area contributed by atoms with Crippen molar-refractivity contribution in [3.05, 3.63) is 60.7 Å². The van der Waals surface area contributed by atoms with Gasteiger partial charge in [0.15, 0.2) is 0 Å². The lowest BCUT2D eigenvalue weighted by molar-refractivity contribution is -0.113. The molecular formula is C18H16N2O2. The lowest BCUT2D eigenvalue weighted by Gasteiger charge is -2.18. The van der Waals surface area contributed by atoms with Gasteiger partial charge in [0.1, 0.15) is 11.8 Å². The van der Waals surface area contributed by atoms with E-state index in [0.717, 1.165) is 16.9 Å². The fourth-order valence-corrected chi connectivity index (χ4v) is 2.20. The van der Waals surface area contributed by atoms with Gasteiger partial charge < -0.3 is 9.64 Å². The monoisotopic (exact) mass is 292 g/mol. The van der Waals surface area contributed by atoms with E-state index in [1.807, 2.05) is 36.4 Å². The van der Waals surface area contributed by atoms with Crippen molar-refractivity contribution in [2.75, 3.05) is 19.1 Å². The van der Waals surface area contributed by atoms with Crippen LogP contribution in [0, 0.1) is 11.3 Å². The summed E-state index contributed by atoms with van der Waals surface area (Å²) in [5.74, 6) is 0.487. The third-order valence-corrected chi connectivity index (χ3v) is 3.42. The van der Waals surface area contributed by atoms with Gasteiger partial charge in [0.05, 0.1) is 18.4 Å². The van der Waals surface area contributed by atoms with Gasteiger partial charge in [-0.3, -0.25) is 4.79 Å². The first-order valence-electron chi connectivity index (χ1n) is 6.70. The van der Waals surface area contributed by atoms with E-state index in [9.17, 15) is 10.1 Å². The van der Waals surface area contributed by atoms with Gasteiger partial charge in [-0.2, -0.15) is 5.26 Å². The van der Waals surface area contributed by atoms with Gasteiger partial charge >= 0.3 is 0 Å². The second-order valence-corrected chi connectivity index (χ2v) is 4.64. The van der Waals surface area contributed by atoms with Crippen molar-refractivity contribution in [1.82, 2.24) is 0 Å². The Kier molecular flexibility index (Phi) is 4.60. The first kappa shape index (κ1) is 15.3. The van der Waals surface area contributed by atoms with Crippen LogP contribution in [0.1, 0.15) is 5.56 Å². The Morgan fingerprint density at radius 1 is 1.27 bits per heavy atom. The number of carbonyl (C=O) groups excluding carboxylic acids is 1. The average Bonchev–Trinajstić information content (AvgIpc) is 2.59. The summed E-state index contributed by atoms with van der Waals surface area (Å²) in [6.45, 7) is 3.47. The molecule has 0 saturated carbocycles. The quantitative estimate of drug-likeness (QED) is 0.812. The molecule has 0 atom stereocenters. The van der Waals surface area contributed by atoms with Crippen LogP contribution in [0.25, 0.3) is 11.1 Å². The van der Waals surface area contributed by atoms with Crippen LogP contribution in [-0.4, -0.2) is 20.1 Å². The molecule has 4 heteroatoms. The normalized spacial score (nSPS) is 9.68. The first-order valence-corrected chi connectivity index (χ1v) is 6.70. The molecule has 2 rings (SSSR count). The van der Waals surface area contributed by atoms with Gasteiger partial charge in [-0.25, -0.2) is 0 Å². The van der Waals surface area contributed by atoms with Gasteiger partial charge in [-0.1, -0.05) is 30.8 Å². The molecular weight excluding hydrogens is 276 g/mol. The molecule has 0 spiro atoms. The zero-order valence-corrected chi connectivity index (χ0v) is 12.5. The van der Waals surface area contributed by atoms with E-state index >= 15 is 0 Å². The predicted molar refractivity (Wildman–Crippen MR) is 86.8 cm³/mol. The highest BCUT2D eigenvalue weighted by atomic mass is 16.5. The number of rotatable bonds is 4. The molecule has 110 valence electrons. The Balaban J connectivity index is 2.55. The van der Waals surface area contributed by atoms with Crippen LogP contribution < -0.4 is 9.64 Å². The molecule has 0 fully saturated rings. The van der Waals surface area contributed by atoms with E-state index in [1.54, 1.807) is 20.2 Å². The Hall–Kier alpha value is -3.06. The van der Waals surface area contributed by atoms with Crippen LogP contribution in [0.5, 0.6) is 5.75 Å². The third kappa shape index (κ3) is 2.84. The van der Waals surface area contributed by atoms with Crippen LogP contribution in [0.4, 0.5) is 5.69 Å². The molecule has 2 aromatic rings. The zero-order valence-electron chi connectivity index (χ0n) is 12.5. The van der Waals surface area contributed by atoms with Crippen LogP contribution in [-0.2, 0) is 4.79 Å². The van der Waals surface area contributed by atoms with E-state index in [0.29, 0.717) is 11.3 Å². The minimum atomic E-state index is -0.261. The highest BCUT2D eigenvalue weighted by Gasteiger charge is 2.16. The minimum Gasteiger partial charge on any atom is -0.497 e. The van der Waals surface area contributed by atoms with Crippen molar-refractivity contribution >= 4 is 11.6 Å². The number of benzene rings is 2. The maximum Gasteiger partial charge on any atom is 0.250 e. The van der Waals surface area contributed by atoms with Crippen LogP contribution >= 0.6 is 0 Å². The second-order valence-electron chi connectivity index (χ2n) is 4.64. The largest absolute Gasteiger partial charge is 0.497 e. The smallest absolute Gasteiger partial charge is 0.250 e. The summed E-state index contributed by atoms with van der Waals surface area (Å²) in [5, 5.41) is 9.53. The van der Waals surface area contributed by atoms with E-state index in [-0.39, 0.29) is 5.91 Å². The number of nitrogens with zero attached hydrogens (tertiary/aromatic N) is 2. The molecule has 0 radical (unpaired) electrons. The summed E-state index contributed by atoms with van der Waals surface area (Å²) >= 11 is 0. The van der Waals surface area contributed by atoms with E-state index < -0.39 is 0 Å². The van der Waals surface area contributed by atoms with Crippen LogP contribution in [0.3, 0.4) is 0 Å². The number of hydrogen-bond donors (Lipinski definition) is 0. The summed E-state index contributed by atoms with van der Waals surface area (Å²) in [6.07, 6.45) is 1.22. The lowest BCUT2D eigenvalue weighted by Crippen LogP contribution is -2.24. The lowest BCUT2D eigenvalue weighted by atomic mass is 9.98. The summed E-state index contributed by atoms with van der Waals surface area (Å²) in [6, 6.07) is 15.1. The van der Waals surface area contributed by atoms with Crippen molar-refractivity contribution < 1.29 is 9.53 Å². The predicted octanol–water partition coefficient (Wildman–Crippen LogP) is 3.38. The highest BCUT2D eigenvalue weighted by molar-refractivity contribution is 6.02. The SMILES string of the molecule is C=CC(=O)N(C)c1cccc(-c2ccc(OC)cc2)c1C#N. The molecule has 0 aromatic heterocycles. The fourth-order valence-electron chi connectivity index (χ4n) is 2.20. The fraction of sp³-hybridized carbons (Fsp3) is 0.111. The Bertz CT molecular complexity index is 743. The first-order chi connectivity index (χ1) is 10.6. The number of amides is 1. The summed E-state index contributed by atoms with van der Waals surface area (Å²) in [4.78, 5) is 13.2. The van der Waals surface area contributed by atoms with Crippen LogP contribution in [0.15, 0.2) is 55.1 Å². The second kappa shape index (κ2) is 6.59. The van der Waals surface area contributed by atoms with Gasteiger partial charge in [0.25, 0.3) is 0 Å². The molecule has 0 bridgehead atoms. The van der Waals surface area contributed by atoms with E-state index in [4.69, 9.17) is 4.74 Å². The van der Waals surface area contributed by atoms with E-state index in [2.05, 4.69) is 12.6 Å². The van der Waals surface area contributed by atoms with Gasteiger partial charge in [0.2, 0.25) is 5.91 Å². The maximum atomic E-state index is 11.8. The molecule has 22 heavy (non-hydrogen) atoms. The summed E-state index contributed by atoms with van der Waals surface area (Å²) in [7, 11) is 3.23. The van der Waals surface area contributed by atoms with E-state index in [1.165, 1.54) is 11.0 Å². The number of ether oxygens (including phenoxy) is 1. The van der Waals surface area contributed by atoms with Gasteiger partial charge in [-0.05, 0) is 29.8 Å². The minimum absolute atomic E-state index is 0.261. The van der Waals surface area contributed by atoms with Crippen LogP contribution in [0.2, 0.25) is 0 Å². The average molecular weight is 292 g/mol. The number of nitriles is 1. The zero-order chi connectivity index (χ0) is 16.1. The Morgan fingerprint density at radius 3 is 2.50 bits per heavy atom. The molecule has 1 amide bonds. The Labute approximate surface area is 129 Å². The maximum absolute atomic E-state index is 11.8. The van der Waals surface area contributed by atoms with Crippen molar-refractivity contribution in [3.63, 3.8) is 0 Å². The highest BCUT2D eigenvalue weighted by Crippen LogP contribution is 2.31. The van der Waals surface area contributed by atoms with Gasteiger partial charge in [-0.15, -0.1) is 0 Å². The van der Waals surface area contributed by atoms with Gasteiger partial charge in [0, 0.05) is 12.6 Å². The topological polar surface area (TPSA) is 53.3 Å². The molecule has 0 heterocycles. The summed E-state index contributed by atoms with van der Waals surface area (Å²) < 4.78 is 5.14. The number of methoxy groups -OCH3 is 1. The van der Waals surface area contributed by atoms with Crippen molar-refractivity contribution in [1.29, 1.82) is 5.26 Å². The van der Waals surface area contributed by atoms with Crippen molar-refractivity contribution in [2.24, 2.45) is 0 Å². The molecule has 0 aliphatic rings. The molecule has 4 nitrogen and oxygen atoms in total.